The Labute approximate surface area is 192 Å². The summed E-state index contributed by atoms with van der Waals surface area (Å²) in [6.45, 7) is 4.88. The van der Waals surface area contributed by atoms with Crippen LogP contribution in [0.2, 0.25) is 0 Å². The Morgan fingerprint density at radius 2 is 1.97 bits per heavy atom. The largest absolute Gasteiger partial charge is 0.481 e. The molecule has 7 nitrogen and oxygen atoms in total. The normalized spacial score (nSPS) is 17.0. The van der Waals surface area contributed by atoms with Gasteiger partial charge in [0.1, 0.15) is 5.75 Å². The van der Waals surface area contributed by atoms with Gasteiger partial charge in [0, 0.05) is 31.3 Å². The molecule has 3 N–H and O–H groups in total. The molecule has 0 bridgehead atoms. The van der Waals surface area contributed by atoms with E-state index >= 15 is 0 Å². The summed E-state index contributed by atoms with van der Waals surface area (Å²) in [6.07, 6.45) is 3.03. The number of carbonyl (C=O) groups excluding carboxylic acids is 2. The molecule has 0 radical (unpaired) electrons. The summed E-state index contributed by atoms with van der Waals surface area (Å²) in [5, 5.41) is 1.33. The van der Waals surface area contributed by atoms with Gasteiger partial charge in [0.25, 0.3) is 11.5 Å². The Morgan fingerprint density at radius 3 is 2.73 bits per heavy atom. The number of H-pyrrole nitrogens is 1. The number of nitrogens with zero attached hydrogens (tertiary/aromatic N) is 1. The lowest BCUT2D eigenvalue weighted by molar-refractivity contribution is -0.140. The van der Waals surface area contributed by atoms with Gasteiger partial charge in [0.05, 0.1) is 5.39 Å². The number of hydrogen-bond donors (Lipinski definition) is 2. The van der Waals surface area contributed by atoms with Gasteiger partial charge in [-0.3, -0.25) is 14.4 Å². The Hall–Kier alpha value is -3.61. The van der Waals surface area contributed by atoms with Crippen molar-refractivity contribution < 1.29 is 14.3 Å². The molecule has 1 aliphatic rings. The minimum absolute atomic E-state index is 0.0893. The van der Waals surface area contributed by atoms with Crippen LogP contribution in [0.5, 0.6) is 5.75 Å². The number of fused-ring (bicyclic) bond motifs is 1. The first-order valence-electron chi connectivity index (χ1n) is 11.3. The maximum atomic E-state index is 13.0. The van der Waals surface area contributed by atoms with Crippen molar-refractivity contribution in [2.24, 2.45) is 11.7 Å². The maximum Gasteiger partial charge on any atom is 0.263 e. The molecule has 2 atom stereocenters. The van der Waals surface area contributed by atoms with Crippen LogP contribution in [0.25, 0.3) is 21.9 Å². The lowest BCUT2D eigenvalue weighted by Crippen LogP contribution is -2.46. The van der Waals surface area contributed by atoms with Gasteiger partial charge >= 0.3 is 0 Å². The van der Waals surface area contributed by atoms with Crippen molar-refractivity contribution in [1.29, 1.82) is 0 Å². The van der Waals surface area contributed by atoms with Gasteiger partial charge < -0.3 is 20.4 Å². The molecule has 3 aromatic rings. The highest BCUT2D eigenvalue weighted by molar-refractivity contribution is 5.97. The van der Waals surface area contributed by atoms with Crippen LogP contribution in [0.4, 0.5) is 0 Å². The number of piperidine rings is 1. The van der Waals surface area contributed by atoms with Crippen molar-refractivity contribution in [3.05, 3.63) is 64.6 Å². The molecule has 0 aliphatic carbocycles. The average Bonchev–Trinajstić information content (AvgIpc) is 2.79. The summed E-state index contributed by atoms with van der Waals surface area (Å²) < 4.78 is 5.94. The van der Waals surface area contributed by atoms with E-state index in [2.05, 4.69) is 4.98 Å². The maximum absolute atomic E-state index is 13.0. The van der Waals surface area contributed by atoms with Gasteiger partial charge in [-0.05, 0) is 67.3 Å². The van der Waals surface area contributed by atoms with E-state index in [1.807, 2.05) is 37.3 Å². The molecule has 0 spiro atoms. The zero-order valence-electron chi connectivity index (χ0n) is 19.0. The van der Waals surface area contributed by atoms with Crippen LogP contribution in [0.3, 0.4) is 0 Å². The molecule has 2 amide bonds. The molecular weight excluding hydrogens is 418 g/mol. The van der Waals surface area contributed by atoms with Crippen LogP contribution >= 0.6 is 0 Å². The zero-order valence-corrected chi connectivity index (χ0v) is 19.0. The Balaban J connectivity index is 1.55. The van der Waals surface area contributed by atoms with E-state index in [1.54, 1.807) is 30.2 Å². The molecule has 2 heterocycles. The van der Waals surface area contributed by atoms with E-state index in [-0.39, 0.29) is 29.7 Å². The van der Waals surface area contributed by atoms with Gasteiger partial charge in [-0.15, -0.1) is 0 Å². The van der Waals surface area contributed by atoms with Crippen molar-refractivity contribution in [2.75, 3.05) is 13.1 Å². The number of primary amides is 1. The molecule has 2 aromatic carbocycles. The molecule has 172 valence electrons. The van der Waals surface area contributed by atoms with E-state index < -0.39 is 6.10 Å². The SMILES string of the molecule is Cc1ccccc1-c1c[nH]c(=O)c2cc(O[C@H](C)C(=O)N3CCCC(CC(N)=O)C3)ccc12. The van der Waals surface area contributed by atoms with E-state index in [9.17, 15) is 14.4 Å². The van der Waals surface area contributed by atoms with Crippen molar-refractivity contribution in [2.45, 2.75) is 39.2 Å². The highest BCUT2D eigenvalue weighted by Crippen LogP contribution is 2.31. The molecule has 4 rings (SSSR count). The molecule has 1 aliphatic heterocycles. The third-order valence-electron chi connectivity index (χ3n) is 6.29. The summed E-state index contributed by atoms with van der Waals surface area (Å²) in [7, 11) is 0. The summed E-state index contributed by atoms with van der Waals surface area (Å²) in [5.41, 5.74) is 8.21. The molecule has 1 aromatic heterocycles. The quantitative estimate of drug-likeness (QED) is 0.604. The summed E-state index contributed by atoms with van der Waals surface area (Å²) >= 11 is 0. The first-order chi connectivity index (χ1) is 15.8. The fourth-order valence-electron chi connectivity index (χ4n) is 4.64. The van der Waals surface area contributed by atoms with Crippen LogP contribution in [0.1, 0.15) is 31.7 Å². The number of pyridine rings is 1. The number of aromatic amines is 1. The first kappa shape index (κ1) is 22.6. The van der Waals surface area contributed by atoms with E-state index in [1.165, 1.54) is 0 Å². The van der Waals surface area contributed by atoms with Crippen LogP contribution in [-0.2, 0) is 9.59 Å². The summed E-state index contributed by atoms with van der Waals surface area (Å²) in [5.74, 6) is 0.0739. The second-order valence-electron chi connectivity index (χ2n) is 8.78. The number of ether oxygens (including phenoxy) is 1. The number of aryl methyl sites for hydroxylation is 1. The summed E-state index contributed by atoms with van der Waals surface area (Å²) in [6, 6.07) is 13.4. The fraction of sp³-hybridized carbons (Fsp3) is 0.346. The molecule has 1 unspecified atom stereocenters. The Bertz CT molecular complexity index is 1250. The first-order valence-corrected chi connectivity index (χ1v) is 11.3. The standard InChI is InChI=1S/C26H29N3O4/c1-16-6-3-4-8-20(16)23-14-28-25(31)22-13-19(9-10-21(22)23)33-17(2)26(32)29-11-5-7-18(15-29)12-24(27)30/h3-4,6,8-10,13-14,17-18H,5,7,11-12,15H2,1-2H3,(H2,27,30)(H,28,31)/t17-,18?/m1/s1. The number of carbonyl (C=O) groups is 2. The molecular formula is C26H29N3O4. The number of hydrogen-bond acceptors (Lipinski definition) is 4. The average molecular weight is 448 g/mol. The highest BCUT2D eigenvalue weighted by Gasteiger charge is 2.28. The monoisotopic (exact) mass is 447 g/mol. The van der Waals surface area contributed by atoms with Gasteiger partial charge in [-0.1, -0.05) is 24.3 Å². The van der Waals surface area contributed by atoms with Crippen LogP contribution in [0.15, 0.2) is 53.5 Å². The molecule has 33 heavy (non-hydrogen) atoms. The smallest absolute Gasteiger partial charge is 0.263 e. The van der Waals surface area contributed by atoms with Gasteiger partial charge in [-0.2, -0.15) is 0 Å². The fourth-order valence-corrected chi connectivity index (χ4v) is 4.64. The number of amides is 2. The number of benzene rings is 2. The van der Waals surface area contributed by atoms with Crippen LogP contribution in [-0.4, -0.2) is 40.9 Å². The molecule has 7 heteroatoms. The Morgan fingerprint density at radius 1 is 1.18 bits per heavy atom. The van der Waals surface area contributed by atoms with Crippen molar-refractivity contribution >= 4 is 22.6 Å². The van der Waals surface area contributed by atoms with Crippen molar-refractivity contribution in [1.82, 2.24) is 9.88 Å². The second kappa shape index (κ2) is 9.48. The minimum Gasteiger partial charge on any atom is -0.481 e. The number of nitrogens with two attached hydrogens (primary N) is 1. The molecule has 1 saturated heterocycles. The van der Waals surface area contributed by atoms with Crippen molar-refractivity contribution in [3.8, 4) is 16.9 Å². The minimum atomic E-state index is -0.714. The predicted molar refractivity (Wildman–Crippen MR) is 128 cm³/mol. The number of aromatic nitrogens is 1. The lowest BCUT2D eigenvalue weighted by Gasteiger charge is -2.33. The second-order valence-corrected chi connectivity index (χ2v) is 8.78. The molecule has 1 fully saturated rings. The van der Waals surface area contributed by atoms with Crippen LogP contribution in [0, 0.1) is 12.8 Å². The number of rotatable bonds is 6. The van der Waals surface area contributed by atoms with Crippen molar-refractivity contribution in [3.63, 3.8) is 0 Å². The Kier molecular flexibility index (Phi) is 6.49. The lowest BCUT2D eigenvalue weighted by atomic mass is 9.94. The van der Waals surface area contributed by atoms with E-state index in [4.69, 9.17) is 10.5 Å². The van der Waals surface area contributed by atoms with E-state index in [0.717, 1.165) is 34.9 Å². The number of nitrogens with one attached hydrogen (secondary N) is 1. The predicted octanol–water partition coefficient (Wildman–Crippen LogP) is 3.38. The zero-order chi connectivity index (χ0) is 23.5. The molecule has 0 saturated carbocycles. The summed E-state index contributed by atoms with van der Waals surface area (Å²) in [4.78, 5) is 41.3. The van der Waals surface area contributed by atoms with Crippen LogP contribution < -0.4 is 16.0 Å². The van der Waals surface area contributed by atoms with Gasteiger partial charge in [-0.25, -0.2) is 0 Å². The van der Waals surface area contributed by atoms with E-state index in [0.29, 0.717) is 24.2 Å². The number of likely N-dealkylation sites (tertiary alicyclic amines) is 1. The van der Waals surface area contributed by atoms with Gasteiger partial charge in [0.2, 0.25) is 5.91 Å². The highest BCUT2D eigenvalue weighted by atomic mass is 16.5. The third kappa shape index (κ3) is 4.92. The topological polar surface area (TPSA) is 105 Å². The van der Waals surface area contributed by atoms with Gasteiger partial charge in [0.15, 0.2) is 6.10 Å². The third-order valence-corrected chi connectivity index (χ3v) is 6.29.